The van der Waals surface area contributed by atoms with Gasteiger partial charge in [-0.15, -0.1) is 0 Å². The molecular weight excluding hydrogens is 562 g/mol. The Balaban J connectivity index is 1.75. The first-order chi connectivity index (χ1) is 15.4. The molecule has 0 amide bonds. The average Bonchev–Trinajstić information content (AvgIpc) is 3.19. The summed E-state index contributed by atoms with van der Waals surface area (Å²) in [5, 5.41) is 16.3. The fourth-order valence-corrected chi connectivity index (χ4v) is 4.53. The van der Waals surface area contributed by atoms with Gasteiger partial charge in [-0.25, -0.2) is 4.98 Å². The second kappa shape index (κ2) is 8.20. The van der Waals surface area contributed by atoms with Gasteiger partial charge in [-0.05, 0) is 64.5 Å². The molecular formula is C23H12Br2ClN3O3. The number of hydrogen-bond acceptors (Lipinski definition) is 5. The smallest absolute Gasteiger partial charge is 0.282 e. The largest absolute Gasteiger partial charge is 0.506 e. The summed E-state index contributed by atoms with van der Waals surface area (Å²) in [5.41, 5.74) is 1.14. The Morgan fingerprint density at radius 3 is 2.75 bits per heavy atom. The van der Waals surface area contributed by atoms with Gasteiger partial charge in [0.15, 0.2) is 5.76 Å². The molecule has 2 aromatic heterocycles. The minimum Gasteiger partial charge on any atom is -0.506 e. The Hall–Kier alpha value is -2.94. The van der Waals surface area contributed by atoms with E-state index in [1.165, 1.54) is 6.21 Å². The van der Waals surface area contributed by atoms with E-state index in [-0.39, 0.29) is 17.1 Å². The third kappa shape index (κ3) is 3.74. The highest BCUT2D eigenvalue weighted by Gasteiger charge is 2.17. The van der Waals surface area contributed by atoms with E-state index < -0.39 is 0 Å². The molecule has 0 atom stereocenters. The summed E-state index contributed by atoms with van der Waals surface area (Å²) in [4.78, 5) is 17.9. The maximum atomic E-state index is 13.3. The van der Waals surface area contributed by atoms with E-state index in [1.807, 2.05) is 24.3 Å². The molecule has 0 saturated heterocycles. The SMILES string of the molecule is O=c1c2ccccc2nc(-c2cc3cc(Br)ccc3o2)n1N=Cc1cc(Cl)cc(Br)c1O. The summed E-state index contributed by atoms with van der Waals surface area (Å²) in [6.07, 6.45) is 1.35. The molecule has 5 aromatic rings. The standard InChI is InChI=1S/C23H12Br2ClN3O3/c24-14-5-6-19-12(7-14)9-20(32-19)22-28-18-4-2-1-3-16(18)23(31)29(22)27-11-13-8-15(26)10-17(25)21(13)30/h1-11,30H. The monoisotopic (exact) mass is 571 g/mol. The number of benzene rings is 3. The van der Waals surface area contributed by atoms with Gasteiger partial charge < -0.3 is 9.52 Å². The van der Waals surface area contributed by atoms with Crippen molar-refractivity contribution in [2.24, 2.45) is 5.10 Å². The topological polar surface area (TPSA) is 80.6 Å². The minimum absolute atomic E-state index is 0.0462. The van der Waals surface area contributed by atoms with Gasteiger partial charge in [0.2, 0.25) is 5.82 Å². The molecule has 32 heavy (non-hydrogen) atoms. The number of nitrogens with zero attached hydrogens (tertiary/aromatic N) is 3. The molecule has 0 aliphatic carbocycles. The van der Waals surface area contributed by atoms with E-state index in [2.05, 4.69) is 41.9 Å². The molecule has 6 nitrogen and oxygen atoms in total. The molecule has 1 N–H and O–H groups in total. The molecule has 3 aromatic carbocycles. The highest BCUT2D eigenvalue weighted by molar-refractivity contribution is 9.10. The van der Waals surface area contributed by atoms with E-state index in [0.29, 0.717) is 37.3 Å². The van der Waals surface area contributed by atoms with Crippen molar-refractivity contribution in [1.82, 2.24) is 9.66 Å². The lowest BCUT2D eigenvalue weighted by Gasteiger charge is -2.08. The van der Waals surface area contributed by atoms with Crippen molar-refractivity contribution in [3.8, 4) is 17.3 Å². The normalized spacial score (nSPS) is 11.7. The number of rotatable bonds is 3. The molecule has 0 radical (unpaired) electrons. The number of fused-ring (bicyclic) bond motifs is 2. The summed E-state index contributed by atoms with van der Waals surface area (Å²) >= 11 is 12.8. The third-order valence-corrected chi connectivity index (χ3v) is 6.14. The second-order valence-corrected chi connectivity index (χ2v) is 9.14. The number of halogens is 3. The maximum Gasteiger partial charge on any atom is 0.282 e. The van der Waals surface area contributed by atoms with E-state index in [0.717, 1.165) is 14.5 Å². The minimum atomic E-state index is -0.371. The summed E-state index contributed by atoms with van der Waals surface area (Å²) in [7, 11) is 0. The van der Waals surface area contributed by atoms with Crippen molar-refractivity contribution in [2.45, 2.75) is 0 Å². The van der Waals surface area contributed by atoms with Crippen LogP contribution in [0.1, 0.15) is 5.56 Å². The Morgan fingerprint density at radius 1 is 1.09 bits per heavy atom. The van der Waals surface area contributed by atoms with Crippen LogP contribution in [-0.2, 0) is 0 Å². The van der Waals surface area contributed by atoms with Crippen LogP contribution in [0.5, 0.6) is 5.75 Å². The Labute approximate surface area is 203 Å². The molecule has 2 heterocycles. The van der Waals surface area contributed by atoms with Crippen LogP contribution in [0, 0.1) is 0 Å². The first kappa shape index (κ1) is 20.9. The Bertz CT molecular complexity index is 1610. The van der Waals surface area contributed by atoms with E-state index in [9.17, 15) is 9.90 Å². The van der Waals surface area contributed by atoms with Gasteiger partial charge in [0.05, 0.1) is 21.6 Å². The molecule has 0 saturated carbocycles. The zero-order valence-electron chi connectivity index (χ0n) is 16.1. The molecule has 0 fully saturated rings. The molecule has 158 valence electrons. The lowest BCUT2D eigenvalue weighted by atomic mass is 10.2. The van der Waals surface area contributed by atoms with E-state index in [1.54, 1.807) is 36.4 Å². The van der Waals surface area contributed by atoms with Gasteiger partial charge in [0.25, 0.3) is 5.56 Å². The number of para-hydroxylation sites is 1. The first-order valence-corrected chi connectivity index (χ1v) is 11.3. The highest BCUT2D eigenvalue weighted by atomic mass is 79.9. The third-order valence-electron chi connectivity index (χ3n) is 4.82. The predicted octanol–water partition coefficient (Wildman–Crippen LogP) is 6.58. The Kier molecular flexibility index (Phi) is 5.36. The van der Waals surface area contributed by atoms with Crippen LogP contribution in [0.25, 0.3) is 33.5 Å². The highest BCUT2D eigenvalue weighted by Crippen LogP contribution is 2.31. The van der Waals surface area contributed by atoms with Gasteiger partial charge in [-0.2, -0.15) is 9.78 Å². The number of phenols is 1. The van der Waals surface area contributed by atoms with E-state index >= 15 is 0 Å². The number of phenolic OH excluding ortho intramolecular Hbond substituents is 1. The number of aromatic hydroxyl groups is 1. The predicted molar refractivity (Wildman–Crippen MR) is 133 cm³/mol. The van der Waals surface area contributed by atoms with Crippen LogP contribution < -0.4 is 5.56 Å². The van der Waals surface area contributed by atoms with Gasteiger partial charge in [-0.3, -0.25) is 4.79 Å². The Morgan fingerprint density at radius 2 is 1.91 bits per heavy atom. The summed E-state index contributed by atoms with van der Waals surface area (Å²) in [6, 6.07) is 17.5. The van der Waals surface area contributed by atoms with E-state index in [4.69, 9.17) is 16.0 Å². The van der Waals surface area contributed by atoms with Crippen LogP contribution in [0.2, 0.25) is 5.02 Å². The molecule has 0 bridgehead atoms. The lowest BCUT2D eigenvalue weighted by Crippen LogP contribution is -2.20. The van der Waals surface area contributed by atoms with Crippen LogP contribution in [0.15, 0.2) is 83.9 Å². The van der Waals surface area contributed by atoms with Crippen molar-refractivity contribution in [2.75, 3.05) is 0 Å². The fourth-order valence-electron chi connectivity index (χ4n) is 3.32. The van der Waals surface area contributed by atoms with Crippen molar-refractivity contribution < 1.29 is 9.52 Å². The fraction of sp³-hybridized carbons (Fsp3) is 0. The van der Waals surface area contributed by atoms with Crippen molar-refractivity contribution >= 4 is 71.5 Å². The van der Waals surface area contributed by atoms with Crippen molar-refractivity contribution in [1.29, 1.82) is 0 Å². The van der Waals surface area contributed by atoms with Crippen molar-refractivity contribution in [3.05, 3.63) is 90.5 Å². The molecule has 0 spiro atoms. The van der Waals surface area contributed by atoms with Crippen LogP contribution in [-0.4, -0.2) is 21.0 Å². The van der Waals surface area contributed by atoms with Crippen LogP contribution in [0.4, 0.5) is 0 Å². The zero-order valence-corrected chi connectivity index (χ0v) is 20.0. The maximum absolute atomic E-state index is 13.3. The summed E-state index contributed by atoms with van der Waals surface area (Å²) in [6.45, 7) is 0. The van der Waals surface area contributed by atoms with Gasteiger partial charge >= 0.3 is 0 Å². The first-order valence-electron chi connectivity index (χ1n) is 9.34. The van der Waals surface area contributed by atoms with Crippen LogP contribution >= 0.6 is 43.5 Å². The average molecular weight is 574 g/mol. The quantitative estimate of drug-likeness (QED) is 0.248. The van der Waals surface area contributed by atoms with Gasteiger partial charge in [-0.1, -0.05) is 39.7 Å². The molecule has 5 rings (SSSR count). The number of hydrogen-bond donors (Lipinski definition) is 1. The summed E-state index contributed by atoms with van der Waals surface area (Å²) in [5.74, 6) is 0.572. The molecule has 0 aliphatic rings. The summed E-state index contributed by atoms with van der Waals surface area (Å²) < 4.78 is 8.45. The molecule has 0 aliphatic heterocycles. The number of furan rings is 1. The van der Waals surface area contributed by atoms with Crippen molar-refractivity contribution in [3.63, 3.8) is 0 Å². The second-order valence-electron chi connectivity index (χ2n) is 6.93. The van der Waals surface area contributed by atoms with Gasteiger partial charge in [0, 0.05) is 20.4 Å². The zero-order chi connectivity index (χ0) is 22.4. The lowest BCUT2D eigenvalue weighted by molar-refractivity contribution is 0.471. The van der Waals surface area contributed by atoms with Crippen LogP contribution in [0.3, 0.4) is 0 Å². The van der Waals surface area contributed by atoms with Gasteiger partial charge in [0.1, 0.15) is 11.3 Å². The molecule has 0 unspecified atom stereocenters. The molecule has 9 heteroatoms. The number of aromatic nitrogens is 2.